The molecule has 0 aromatic carbocycles. The molecule has 0 aromatic heterocycles. The summed E-state index contributed by atoms with van der Waals surface area (Å²) in [6.45, 7) is 0.822. The van der Waals surface area contributed by atoms with Crippen LogP contribution >= 0.6 is 45.2 Å². The van der Waals surface area contributed by atoms with Crippen molar-refractivity contribution >= 4 is 51.2 Å². The number of nitrogens with one attached hydrogen (secondary N) is 1. The van der Waals surface area contributed by atoms with Gasteiger partial charge in [-0.1, -0.05) is 22.6 Å². The van der Waals surface area contributed by atoms with E-state index >= 15 is 0 Å². The highest BCUT2D eigenvalue weighted by Crippen LogP contribution is 2.14. The molecule has 0 radical (unpaired) electrons. The van der Waals surface area contributed by atoms with Crippen molar-refractivity contribution in [2.24, 2.45) is 0 Å². The second kappa shape index (κ2) is 6.36. The summed E-state index contributed by atoms with van der Waals surface area (Å²) in [4.78, 5) is 11.4. The Balaban J connectivity index is 2.42. The second-order valence-electron chi connectivity index (χ2n) is 2.61. The Hall–Kier alpha value is 0.850. The molecule has 1 aliphatic heterocycles. The van der Waals surface area contributed by atoms with Gasteiger partial charge < -0.3 is 14.8 Å². The van der Waals surface area contributed by atoms with E-state index in [-0.39, 0.29) is 18.1 Å². The van der Waals surface area contributed by atoms with Gasteiger partial charge in [-0.2, -0.15) is 0 Å². The molecule has 0 spiro atoms. The van der Waals surface area contributed by atoms with Crippen LogP contribution in [-0.4, -0.2) is 33.9 Å². The fourth-order valence-electron chi connectivity index (χ4n) is 1.32. The molecule has 1 N–H and O–H groups in total. The highest BCUT2D eigenvalue weighted by molar-refractivity contribution is 14.1. The molecule has 1 saturated heterocycles. The summed E-state index contributed by atoms with van der Waals surface area (Å²) in [6, 6.07) is -0.274. The van der Waals surface area contributed by atoms with Crippen molar-refractivity contribution in [2.75, 3.05) is 15.8 Å². The standard InChI is InChI=1S/C7H11I2NO3/c8-3-12-5-1-2-10-6(5)7(11)13-4-9/h5-6,10H,1-4H2/t5?,6-/m0/s1. The van der Waals surface area contributed by atoms with Crippen LogP contribution in [0.15, 0.2) is 0 Å². The summed E-state index contributed by atoms with van der Waals surface area (Å²) in [6.07, 6.45) is 0.858. The third-order valence-corrected chi connectivity index (χ3v) is 2.56. The first-order valence-corrected chi connectivity index (χ1v) is 6.98. The molecular formula is C7H11I2NO3. The van der Waals surface area contributed by atoms with Gasteiger partial charge in [0.05, 0.1) is 10.7 Å². The number of hydrogen-bond acceptors (Lipinski definition) is 4. The SMILES string of the molecule is O=C(OCI)[C@H]1NCCC1OCI. The number of hydrogen-bond donors (Lipinski definition) is 1. The maximum atomic E-state index is 11.4. The highest BCUT2D eigenvalue weighted by atomic mass is 127. The van der Waals surface area contributed by atoms with Crippen molar-refractivity contribution < 1.29 is 14.3 Å². The number of rotatable bonds is 4. The molecule has 0 amide bonds. The molecule has 13 heavy (non-hydrogen) atoms. The van der Waals surface area contributed by atoms with Gasteiger partial charge in [-0.15, -0.1) is 0 Å². The Morgan fingerprint density at radius 1 is 1.46 bits per heavy atom. The normalized spacial score (nSPS) is 27.5. The summed E-state index contributed by atoms with van der Waals surface area (Å²) in [7, 11) is 0. The van der Waals surface area contributed by atoms with Crippen LogP contribution in [0.1, 0.15) is 6.42 Å². The summed E-state index contributed by atoms with van der Waals surface area (Å²) in [5, 5.41) is 3.07. The molecule has 0 bridgehead atoms. The van der Waals surface area contributed by atoms with E-state index in [1.807, 2.05) is 22.6 Å². The van der Waals surface area contributed by atoms with Crippen LogP contribution in [0.4, 0.5) is 0 Å². The number of esters is 1. The predicted octanol–water partition coefficient (Wildman–Crippen LogP) is 1.06. The fourth-order valence-corrected chi connectivity index (χ4v) is 2.09. The van der Waals surface area contributed by atoms with Crippen LogP contribution in [0.2, 0.25) is 0 Å². The maximum absolute atomic E-state index is 11.4. The minimum absolute atomic E-state index is 0.0210. The molecule has 1 aliphatic rings. The molecule has 76 valence electrons. The van der Waals surface area contributed by atoms with E-state index in [1.54, 1.807) is 0 Å². The third kappa shape index (κ3) is 3.48. The molecule has 1 unspecified atom stereocenters. The van der Waals surface area contributed by atoms with Crippen molar-refractivity contribution in [2.45, 2.75) is 18.6 Å². The summed E-state index contributed by atoms with van der Waals surface area (Å²) in [5.41, 5.74) is 0. The third-order valence-electron chi connectivity index (χ3n) is 1.89. The fraction of sp³-hybridized carbons (Fsp3) is 0.857. The molecule has 0 aromatic rings. The van der Waals surface area contributed by atoms with Crippen molar-refractivity contribution in [3.63, 3.8) is 0 Å². The van der Waals surface area contributed by atoms with Gasteiger partial charge >= 0.3 is 5.97 Å². The van der Waals surface area contributed by atoms with Gasteiger partial charge in [0.1, 0.15) is 10.7 Å². The average molecular weight is 411 g/mol. The van der Waals surface area contributed by atoms with Crippen LogP contribution in [0.3, 0.4) is 0 Å². The Kier molecular flexibility index (Phi) is 5.83. The van der Waals surface area contributed by atoms with Gasteiger partial charge in [-0.3, -0.25) is 4.79 Å². The lowest BCUT2D eigenvalue weighted by Crippen LogP contribution is -2.40. The van der Waals surface area contributed by atoms with E-state index in [0.29, 0.717) is 9.23 Å². The van der Waals surface area contributed by atoms with Crippen LogP contribution in [-0.2, 0) is 14.3 Å². The zero-order valence-corrected chi connectivity index (χ0v) is 11.3. The predicted molar refractivity (Wildman–Crippen MR) is 65.1 cm³/mol. The number of carbonyl (C=O) groups excluding carboxylic acids is 1. The molecular weight excluding hydrogens is 400 g/mol. The maximum Gasteiger partial charge on any atom is 0.326 e. The smallest absolute Gasteiger partial charge is 0.326 e. The van der Waals surface area contributed by atoms with Gasteiger partial charge in [0, 0.05) is 0 Å². The van der Waals surface area contributed by atoms with E-state index in [0.717, 1.165) is 13.0 Å². The zero-order valence-electron chi connectivity index (χ0n) is 6.96. The van der Waals surface area contributed by atoms with Gasteiger partial charge in [-0.05, 0) is 35.6 Å². The van der Waals surface area contributed by atoms with Crippen molar-refractivity contribution in [3.05, 3.63) is 0 Å². The van der Waals surface area contributed by atoms with Crippen molar-refractivity contribution in [1.82, 2.24) is 5.32 Å². The van der Waals surface area contributed by atoms with E-state index in [1.165, 1.54) is 0 Å². The first kappa shape index (κ1) is 11.9. The van der Waals surface area contributed by atoms with Crippen LogP contribution in [0.25, 0.3) is 0 Å². The van der Waals surface area contributed by atoms with E-state index in [4.69, 9.17) is 9.47 Å². The molecule has 2 atom stereocenters. The van der Waals surface area contributed by atoms with Gasteiger partial charge in [0.15, 0.2) is 0 Å². The van der Waals surface area contributed by atoms with Crippen LogP contribution in [0, 0.1) is 0 Å². The lowest BCUT2D eigenvalue weighted by atomic mass is 10.2. The van der Waals surface area contributed by atoms with E-state index < -0.39 is 0 Å². The molecule has 4 nitrogen and oxygen atoms in total. The Morgan fingerprint density at radius 2 is 2.23 bits per heavy atom. The monoisotopic (exact) mass is 411 g/mol. The number of carbonyl (C=O) groups is 1. The Bertz CT molecular complexity index is 179. The molecule has 1 heterocycles. The minimum Gasteiger partial charge on any atom is -0.454 e. The first-order valence-electron chi connectivity index (χ1n) is 3.93. The van der Waals surface area contributed by atoms with Gasteiger partial charge in [-0.25, -0.2) is 0 Å². The zero-order chi connectivity index (χ0) is 9.68. The number of alkyl halides is 2. The number of halogens is 2. The number of ether oxygens (including phenoxy) is 2. The highest BCUT2D eigenvalue weighted by Gasteiger charge is 2.34. The Labute approximate surface area is 104 Å². The van der Waals surface area contributed by atoms with Crippen LogP contribution in [0.5, 0.6) is 0 Å². The molecule has 1 fully saturated rings. The lowest BCUT2D eigenvalue weighted by molar-refractivity contribution is -0.145. The van der Waals surface area contributed by atoms with E-state index in [9.17, 15) is 4.79 Å². The van der Waals surface area contributed by atoms with Crippen LogP contribution < -0.4 is 5.32 Å². The summed E-state index contributed by atoms with van der Waals surface area (Å²) < 4.78 is 11.3. The molecule has 1 rings (SSSR count). The summed E-state index contributed by atoms with van der Waals surface area (Å²) in [5.74, 6) is -0.207. The molecule has 0 aliphatic carbocycles. The summed E-state index contributed by atoms with van der Waals surface area (Å²) >= 11 is 4.13. The largest absolute Gasteiger partial charge is 0.454 e. The topological polar surface area (TPSA) is 47.6 Å². The first-order chi connectivity index (χ1) is 6.29. The second-order valence-corrected chi connectivity index (χ2v) is 3.85. The van der Waals surface area contributed by atoms with Gasteiger partial charge in [0.25, 0.3) is 0 Å². The van der Waals surface area contributed by atoms with E-state index in [2.05, 4.69) is 27.9 Å². The van der Waals surface area contributed by atoms with Crippen molar-refractivity contribution in [3.8, 4) is 0 Å². The lowest BCUT2D eigenvalue weighted by Gasteiger charge is -2.16. The quantitative estimate of drug-likeness (QED) is 0.428. The van der Waals surface area contributed by atoms with Crippen molar-refractivity contribution in [1.29, 1.82) is 0 Å². The average Bonchev–Trinajstić information content (AvgIpc) is 2.54. The van der Waals surface area contributed by atoms with Gasteiger partial charge in [0.2, 0.25) is 0 Å². The molecule has 0 saturated carbocycles. The molecule has 6 heteroatoms. The Morgan fingerprint density at radius 3 is 2.85 bits per heavy atom. The minimum atomic E-state index is -0.274.